The van der Waals surface area contributed by atoms with Crippen LogP contribution in [0.2, 0.25) is 0 Å². The number of aromatic nitrogens is 6. The minimum absolute atomic E-state index is 0.0325. The maximum atomic E-state index is 15.6. The van der Waals surface area contributed by atoms with Crippen LogP contribution in [-0.2, 0) is 120 Å². The number of benzene rings is 4. The molecular weight excluding hydrogens is 1810 g/mol. The van der Waals surface area contributed by atoms with Gasteiger partial charge in [0.2, 0.25) is 65.0 Å². The zero-order valence-corrected chi connectivity index (χ0v) is 79.4. The predicted octanol–water partition coefficient (Wildman–Crippen LogP) is 0.543. The van der Waals surface area contributed by atoms with Gasteiger partial charge in [-0.25, -0.2) is 19.0 Å². The average Bonchev–Trinajstić information content (AvgIpc) is 1.63. The molecule has 13 amide bonds. The third-order valence-corrected chi connectivity index (χ3v) is 23.3. The lowest BCUT2D eigenvalue weighted by Crippen LogP contribution is -2.67. The van der Waals surface area contributed by atoms with Gasteiger partial charge in [0.05, 0.1) is 91.0 Å². The Morgan fingerprint density at radius 2 is 1.21 bits per heavy atom. The summed E-state index contributed by atoms with van der Waals surface area (Å²) in [5.41, 5.74) is 8.08. The van der Waals surface area contributed by atoms with Gasteiger partial charge in [0.25, 0.3) is 0 Å². The molecule has 2 aliphatic rings. The van der Waals surface area contributed by atoms with E-state index in [9.17, 15) is 87.5 Å². The summed E-state index contributed by atoms with van der Waals surface area (Å²) in [5.74, 6) is -6.48. The molecule has 0 spiro atoms. The molecule has 4 aromatic carbocycles. The minimum Gasteiger partial charge on any atom is -0.494 e. The number of aromatic amines is 2. The van der Waals surface area contributed by atoms with Gasteiger partial charge in [-0.3, -0.25) is 57.5 Å². The smallest absolute Gasteiger partial charge is 0.407 e. The SMILES string of the molecule is CCc1cc(OCCCCNC(=O)OCCOCCOCCOCCNC(=O)OC[C@@H]2[C@@H]3CCC#CCC[C@@H]32)ccc1-c1ccc(C[C@H](NC(=O)[C@H](CC(=O)O)NC(=O)[C@H](CO)NC(=O)[C@@H](NC(=O)[C@](C)(Cc2ccccc2F)NC(=O)[C@@H](NC(=O)CNC(=O)[C@H](Cc2nn[nH]n2)NC(=O)C(C)(C)C(=O)NCCc2cnc[nH]2)[C@@H](C)O)[C@@H](C)O)C(=O)N[C@@H](CCCc2cc(C)cc(C)c2)C(N)=O)cc1. The Balaban J connectivity index is 0.841. The number of carboxylic acid groups (broad SMARTS) is 1. The lowest BCUT2D eigenvalue weighted by atomic mass is 9.90. The number of carboxylic acids is 1. The van der Waals surface area contributed by atoms with Crippen LogP contribution in [0.25, 0.3) is 11.1 Å². The molecule has 8 rings (SSSR count). The lowest BCUT2D eigenvalue weighted by Gasteiger charge is -2.34. The summed E-state index contributed by atoms with van der Waals surface area (Å²) in [6, 6.07) is 10.6. The highest BCUT2D eigenvalue weighted by molar-refractivity contribution is 6.06. The fraction of sp³-hybridized carbons (Fsp3) is 0.537. The number of amides is 13. The summed E-state index contributed by atoms with van der Waals surface area (Å²) < 4.78 is 48.9. The first-order valence-electron chi connectivity index (χ1n) is 46.3. The summed E-state index contributed by atoms with van der Waals surface area (Å²) in [6.07, 6.45) is 2.54. The number of alkyl carbamates (subject to hydrolysis) is 2. The number of primary amides is 1. The quantitative estimate of drug-likeness (QED) is 0.0141. The van der Waals surface area contributed by atoms with Crippen LogP contribution in [0.1, 0.15) is 144 Å². The van der Waals surface area contributed by atoms with E-state index >= 15 is 4.39 Å². The largest absolute Gasteiger partial charge is 0.494 e. The number of rotatable bonds is 60. The molecule has 1 saturated carbocycles. The van der Waals surface area contributed by atoms with Crippen molar-refractivity contribution in [1.82, 2.24) is 94.4 Å². The van der Waals surface area contributed by atoms with E-state index in [-0.39, 0.29) is 50.6 Å². The van der Waals surface area contributed by atoms with E-state index in [1.807, 2.05) is 51.1 Å². The second-order valence-corrected chi connectivity index (χ2v) is 34.8. The number of carbonyl (C=O) groups is 14. The lowest BCUT2D eigenvalue weighted by molar-refractivity contribution is -0.143. The number of aliphatic hydroxyl groups is 3. The van der Waals surface area contributed by atoms with Crippen LogP contribution >= 0.6 is 0 Å². The Morgan fingerprint density at radius 3 is 1.84 bits per heavy atom. The number of fused-ring (bicyclic) bond motifs is 1. The number of nitrogens with one attached hydrogen (secondary N) is 14. The molecule has 20 N–H and O–H groups in total. The Hall–Kier alpha value is -13.6. The summed E-state index contributed by atoms with van der Waals surface area (Å²) in [7, 11) is 0. The number of halogens is 1. The number of aryl methyl sites for hydroxylation is 4. The number of imidazole rings is 1. The van der Waals surface area contributed by atoms with Gasteiger partial charge >= 0.3 is 18.2 Å². The van der Waals surface area contributed by atoms with Gasteiger partial charge in [0.15, 0.2) is 5.82 Å². The zero-order chi connectivity index (χ0) is 101. The second kappa shape index (κ2) is 56.3. The van der Waals surface area contributed by atoms with Crippen LogP contribution < -0.4 is 74.3 Å². The van der Waals surface area contributed by atoms with E-state index in [0.717, 1.165) is 85.9 Å². The van der Waals surface area contributed by atoms with Crippen molar-refractivity contribution in [3.63, 3.8) is 0 Å². The Labute approximate surface area is 804 Å². The Kier molecular flexibility index (Phi) is 44.8. The van der Waals surface area contributed by atoms with Gasteiger partial charge in [0, 0.05) is 70.0 Å². The molecule has 0 radical (unpaired) electrons. The van der Waals surface area contributed by atoms with Gasteiger partial charge in [0.1, 0.15) is 71.4 Å². The second-order valence-electron chi connectivity index (χ2n) is 34.8. The van der Waals surface area contributed by atoms with Crippen LogP contribution in [0.4, 0.5) is 14.0 Å². The number of nitrogens with zero attached hydrogens (tertiary/aromatic N) is 4. The molecule has 13 atom stereocenters. The number of ether oxygens (including phenoxy) is 6. The summed E-state index contributed by atoms with van der Waals surface area (Å²) in [5, 5.41) is 85.6. The highest BCUT2D eigenvalue weighted by atomic mass is 19.1. The summed E-state index contributed by atoms with van der Waals surface area (Å²) in [6.45, 7) is 12.6. The fourth-order valence-electron chi connectivity index (χ4n) is 15.5. The fourth-order valence-corrected chi connectivity index (χ4v) is 15.5. The van der Waals surface area contributed by atoms with Crippen molar-refractivity contribution < 1.29 is 120 Å². The average molecular weight is 1940 g/mol. The molecule has 0 unspecified atom stereocenters. The van der Waals surface area contributed by atoms with E-state index in [1.54, 1.807) is 36.5 Å². The van der Waals surface area contributed by atoms with Crippen molar-refractivity contribution in [3.05, 3.63) is 148 Å². The number of H-pyrrole nitrogens is 2. The van der Waals surface area contributed by atoms with E-state index < -0.39 is 187 Å². The van der Waals surface area contributed by atoms with Crippen molar-refractivity contribution >= 4 is 83.1 Å². The first-order chi connectivity index (χ1) is 66.4. The summed E-state index contributed by atoms with van der Waals surface area (Å²) in [4.78, 5) is 199. The van der Waals surface area contributed by atoms with Crippen molar-refractivity contribution in [2.45, 2.75) is 212 Å². The topological polar surface area (TPSA) is 629 Å². The van der Waals surface area contributed by atoms with Crippen molar-refractivity contribution in [1.29, 1.82) is 0 Å². The van der Waals surface area contributed by atoms with Crippen LogP contribution in [-0.4, -0.2) is 286 Å². The van der Waals surface area contributed by atoms with Crippen LogP contribution in [0.15, 0.2) is 97.5 Å². The Morgan fingerprint density at radius 1 is 0.590 bits per heavy atom. The van der Waals surface area contributed by atoms with Gasteiger partial charge in [-0.2, -0.15) is 5.21 Å². The first-order valence-corrected chi connectivity index (χ1v) is 46.3. The molecule has 43 nitrogen and oxygen atoms in total. The van der Waals surface area contributed by atoms with Crippen LogP contribution in [0, 0.1) is 54.7 Å². The number of carbonyl (C=O) groups excluding carboxylic acids is 13. The highest BCUT2D eigenvalue weighted by Crippen LogP contribution is 2.52. The van der Waals surface area contributed by atoms with Crippen LogP contribution in [0.5, 0.6) is 5.75 Å². The third kappa shape index (κ3) is 37.0. The third-order valence-electron chi connectivity index (χ3n) is 23.3. The van der Waals surface area contributed by atoms with Gasteiger partial charge in [-0.1, -0.05) is 90.0 Å². The number of tetrazole rings is 1. The number of unbranched alkanes of at least 4 members (excludes halogenated alkanes) is 1. The van der Waals surface area contributed by atoms with E-state index in [2.05, 4.69) is 106 Å². The monoisotopic (exact) mass is 1940 g/mol. The molecule has 139 heavy (non-hydrogen) atoms. The molecule has 0 saturated heterocycles. The molecule has 2 aliphatic carbocycles. The number of nitrogens with two attached hydrogens (primary N) is 1. The van der Waals surface area contributed by atoms with Gasteiger partial charge < -0.3 is 123 Å². The molecule has 6 aromatic rings. The van der Waals surface area contributed by atoms with Crippen molar-refractivity contribution in [3.8, 4) is 28.7 Å². The van der Waals surface area contributed by atoms with Gasteiger partial charge in [-0.05, 0) is 169 Å². The number of hydrogen-bond acceptors (Lipinski definition) is 27. The molecular formula is C95H130FN19O24. The standard InChI is InChI=1S/C95H130FN19O24/c1-9-62-47-66(137-35-17-16-32-100-92(132)138-42-41-136-40-39-135-38-37-134-36-34-101-93(133)139-54-70-68-21-12-10-11-13-22-69(68)70)29-30-67(62)63-27-25-60(26-28-63)46-73(84(124)104-72(82(97)122)24-18-19-61-44-56(2)43-57(3)45-61)105-85(125)75(49-79(120)121)106-86(126)76(53-116)107-87(127)80(58(4)117)110-91(131)95(8,50-64-20-14-15-23-71(64)96)111-88(128)81(59(5)118)109-78(119)52-102-83(123)74(48-77-112-114-115-113-77)108-90(130)94(6,7)89(129)99-33-31-65-51-98-55-103-65/h14-15,20,23,25-30,43-45,47,51,55,58-59,68-70,72-76,80-81,116-118H,9,12-13,16-19,21-22,24,31-42,46,48-50,52-54H2,1-8H3,(H2,97,122)(H,98,103)(H,99,129)(H,100,132)(H,101,133)(H,102,123)(H,104,124)(H,105,125)(H,106,126)(H,107,127)(H,108,130)(H,109,119)(H,110,131)(H,111,128)(H,120,121)(H,112,113,114,115)/t58-,59-,68-,69+,70-,72+,73+,74+,75+,76+,80+,81+,95+/m1/s1. The summed E-state index contributed by atoms with van der Waals surface area (Å²) >= 11 is 0. The molecule has 44 heteroatoms. The van der Waals surface area contributed by atoms with Crippen molar-refractivity contribution in [2.75, 3.05) is 92.2 Å². The zero-order valence-electron chi connectivity index (χ0n) is 79.4. The maximum absolute atomic E-state index is 15.6. The van der Waals surface area contributed by atoms with Gasteiger partial charge in [-0.15, -0.1) is 22.0 Å². The van der Waals surface area contributed by atoms with Crippen molar-refractivity contribution in [2.24, 2.45) is 28.9 Å². The number of hydrogen-bond donors (Lipinski definition) is 19. The minimum atomic E-state index is -2.42. The normalized spacial score (nSPS) is 16.1. The highest BCUT2D eigenvalue weighted by Gasteiger charge is 2.50. The molecule has 2 aromatic heterocycles. The maximum Gasteiger partial charge on any atom is 0.407 e. The number of aliphatic carboxylic acids is 1. The molecule has 0 bridgehead atoms. The Bertz CT molecular complexity index is 5120. The first kappa shape index (κ1) is 111. The molecule has 2 heterocycles. The van der Waals surface area contributed by atoms with Crippen LogP contribution in [0.3, 0.4) is 0 Å². The molecule has 1 fully saturated rings. The van der Waals surface area contributed by atoms with E-state index in [1.165, 1.54) is 38.4 Å². The predicted molar refractivity (Wildman–Crippen MR) is 498 cm³/mol. The molecule has 756 valence electrons. The molecule has 0 aliphatic heterocycles. The number of aliphatic hydroxyl groups excluding tert-OH is 3. The van der Waals surface area contributed by atoms with E-state index in [0.29, 0.717) is 126 Å². The van der Waals surface area contributed by atoms with E-state index in [4.69, 9.17) is 34.2 Å².